The van der Waals surface area contributed by atoms with Crippen LogP contribution < -0.4 is 14.8 Å². The molecule has 0 N–H and O–H groups in total. The lowest BCUT2D eigenvalue weighted by molar-refractivity contribution is 0.508. The Morgan fingerprint density at radius 2 is 1.19 bits per heavy atom. The Morgan fingerprint density at radius 3 is 1.58 bits per heavy atom. The van der Waals surface area contributed by atoms with Gasteiger partial charge in [0.2, 0.25) is 0 Å². The summed E-state index contributed by atoms with van der Waals surface area (Å²) < 4.78 is 7.99. The van der Waals surface area contributed by atoms with Gasteiger partial charge in [0, 0.05) is 4.43 Å². The van der Waals surface area contributed by atoms with Gasteiger partial charge < -0.3 is 4.43 Å². The van der Waals surface area contributed by atoms with Gasteiger partial charge >= 0.3 is 8.32 Å². The van der Waals surface area contributed by atoms with E-state index >= 15 is 0 Å². The summed E-state index contributed by atoms with van der Waals surface area (Å²) in [5.41, 5.74) is 1.32. The summed E-state index contributed by atoms with van der Waals surface area (Å²) in [5, 5.41) is 2.59. The van der Waals surface area contributed by atoms with Crippen LogP contribution in [0.15, 0.2) is 84.9 Å². The third kappa shape index (κ3) is 3.74. The summed E-state index contributed by atoms with van der Waals surface area (Å²) >= 11 is 2.39. The normalized spacial score (nSPS) is 12.0. The average molecular weight is 472 g/mol. The van der Waals surface area contributed by atoms with E-state index in [0.29, 0.717) is 0 Å². The molecule has 3 rings (SSSR count). The summed E-state index contributed by atoms with van der Waals surface area (Å²) in [6.07, 6.45) is 0. The van der Waals surface area contributed by atoms with E-state index in [0.717, 1.165) is 10.2 Å². The highest BCUT2D eigenvalue weighted by molar-refractivity contribution is 14.1. The van der Waals surface area contributed by atoms with Crippen molar-refractivity contribution in [1.29, 1.82) is 0 Å². The molecule has 0 fully saturated rings. The van der Waals surface area contributed by atoms with Gasteiger partial charge in [-0.2, -0.15) is 0 Å². The van der Waals surface area contributed by atoms with Crippen LogP contribution in [0.3, 0.4) is 0 Å². The minimum absolute atomic E-state index is 0.0162. The van der Waals surface area contributed by atoms with Crippen molar-refractivity contribution in [3.63, 3.8) is 0 Å². The first kappa shape index (κ1) is 19.2. The fraction of sp³-hybridized carbons (Fsp3) is 0.217. The van der Waals surface area contributed by atoms with Gasteiger partial charge in [-0.25, -0.2) is 0 Å². The van der Waals surface area contributed by atoms with Crippen LogP contribution in [0.25, 0.3) is 0 Å². The average Bonchev–Trinajstić information content (AvgIpc) is 2.67. The third-order valence-electron chi connectivity index (χ3n) is 4.77. The molecule has 3 aromatic carbocycles. The molecule has 0 saturated carbocycles. The topological polar surface area (TPSA) is 9.23 Å². The van der Waals surface area contributed by atoms with Crippen molar-refractivity contribution in [3.05, 3.63) is 90.5 Å². The van der Waals surface area contributed by atoms with E-state index in [2.05, 4.69) is 128 Å². The van der Waals surface area contributed by atoms with E-state index in [-0.39, 0.29) is 5.04 Å². The molecule has 0 aromatic heterocycles. The molecule has 0 unspecified atom stereocenters. The molecule has 0 bridgehead atoms. The first-order valence-electron chi connectivity index (χ1n) is 8.92. The van der Waals surface area contributed by atoms with Gasteiger partial charge in [0.15, 0.2) is 0 Å². The number of rotatable bonds is 5. The second-order valence-electron chi connectivity index (χ2n) is 7.54. The van der Waals surface area contributed by atoms with Crippen molar-refractivity contribution in [1.82, 2.24) is 0 Å². The molecule has 0 spiro atoms. The zero-order valence-electron chi connectivity index (χ0n) is 15.6. The number of hydrogen-bond donors (Lipinski definition) is 0. The molecule has 0 amide bonds. The van der Waals surface area contributed by atoms with Crippen LogP contribution in [0.2, 0.25) is 5.04 Å². The van der Waals surface area contributed by atoms with Crippen LogP contribution in [0.4, 0.5) is 0 Å². The van der Waals surface area contributed by atoms with Gasteiger partial charge in [0.1, 0.15) is 5.75 Å². The predicted octanol–water partition coefficient (Wildman–Crippen LogP) is 5.56. The lowest BCUT2D eigenvalue weighted by atomic mass is 10.2. The van der Waals surface area contributed by atoms with Gasteiger partial charge in [-0.3, -0.25) is 0 Å². The summed E-state index contributed by atoms with van der Waals surface area (Å²) in [4.78, 5) is 0. The fourth-order valence-electron chi connectivity index (χ4n) is 3.47. The molecule has 3 heteroatoms. The van der Waals surface area contributed by atoms with E-state index in [9.17, 15) is 0 Å². The molecule has 1 nitrogen and oxygen atoms in total. The lowest BCUT2D eigenvalue weighted by Gasteiger charge is -2.43. The number of benzene rings is 3. The second-order valence-corrected chi connectivity index (χ2v) is 12.5. The SMILES string of the molecule is CC(C)(C)[Si](Oc1ccc(CI)cc1)(c1ccccc1)c1ccccc1. The summed E-state index contributed by atoms with van der Waals surface area (Å²) in [6.45, 7) is 6.91. The molecular weight excluding hydrogens is 447 g/mol. The van der Waals surface area contributed by atoms with Gasteiger partial charge in [-0.15, -0.1) is 0 Å². The summed E-state index contributed by atoms with van der Waals surface area (Å²) in [7, 11) is -2.52. The van der Waals surface area contributed by atoms with Crippen molar-refractivity contribution in [2.45, 2.75) is 30.2 Å². The Morgan fingerprint density at radius 1 is 0.731 bits per heavy atom. The van der Waals surface area contributed by atoms with E-state index in [1.807, 2.05) is 0 Å². The van der Waals surface area contributed by atoms with Crippen LogP contribution in [0.1, 0.15) is 26.3 Å². The van der Waals surface area contributed by atoms with Crippen LogP contribution in [0.5, 0.6) is 5.75 Å². The molecule has 0 saturated heterocycles. The first-order chi connectivity index (χ1) is 12.5. The van der Waals surface area contributed by atoms with Crippen molar-refractivity contribution >= 4 is 41.3 Å². The maximum absolute atomic E-state index is 6.97. The van der Waals surface area contributed by atoms with E-state index in [1.165, 1.54) is 15.9 Å². The van der Waals surface area contributed by atoms with E-state index < -0.39 is 8.32 Å². The Kier molecular flexibility index (Phi) is 5.88. The molecule has 0 aliphatic carbocycles. The largest absolute Gasteiger partial charge is 0.534 e. The lowest BCUT2D eigenvalue weighted by Crippen LogP contribution is -2.68. The maximum Gasteiger partial charge on any atom is 0.319 e. The smallest absolute Gasteiger partial charge is 0.319 e. The second kappa shape index (κ2) is 7.97. The Bertz CT molecular complexity index is 784. The first-order valence-corrected chi connectivity index (χ1v) is 12.4. The quantitative estimate of drug-likeness (QED) is 0.268. The van der Waals surface area contributed by atoms with E-state index in [1.54, 1.807) is 0 Å². The number of halogens is 1. The zero-order valence-corrected chi connectivity index (χ0v) is 18.7. The molecule has 26 heavy (non-hydrogen) atoms. The maximum atomic E-state index is 6.97. The minimum Gasteiger partial charge on any atom is -0.534 e. The number of hydrogen-bond acceptors (Lipinski definition) is 1. The predicted molar refractivity (Wildman–Crippen MR) is 122 cm³/mol. The summed E-state index contributed by atoms with van der Waals surface area (Å²) in [6, 6.07) is 30.1. The van der Waals surface area contributed by atoms with Crippen LogP contribution >= 0.6 is 22.6 Å². The van der Waals surface area contributed by atoms with Crippen molar-refractivity contribution in [3.8, 4) is 5.75 Å². The summed E-state index contributed by atoms with van der Waals surface area (Å²) in [5.74, 6) is 0.952. The van der Waals surface area contributed by atoms with Gasteiger partial charge in [0.25, 0.3) is 0 Å². The Balaban J connectivity index is 2.19. The standard InChI is InChI=1S/C23H25IOSi/c1-23(2,3)26(21-10-6-4-7-11-21,22-12-8-5-9-13-22)25-20-16-14-19(18-24)15-17-20/h4-17H,18H2,1-3H3. The van der Waals surface area contributed by atoms with Crippen molar-refractivity contribution < 1.29 is 4.43 Å². The fourth-order valence-corrected chi connectivity index (χ4v) is 8.40. The van der Waals surface area contributed by atoms with Crippen molar-refractivity contribution in [2.24, 2.45) is 0 Å². The highest BCUT2D eigenvalue weighted by Gasteiger charge is 2.52. The van der Waals surface area contributed by atoms with Crippen LogP contribution in [-0.2, 0) is 4.43 Å². The molecule has 134 valence electrons. The molecular formula is C23H25IOSi. The molecule has 0 radical (unpaired) electrons. The monoisotopic (exact) mass is 472 g/mol. The third-order valence-corrected chi connectivity index (χ3v) is 10.6. The Hall–Kier alpha value is -1.59. The van der Waals surface area contributed by atoms with Crippen LogP contribution in [-0.4, -0.2) is 8.32 Å². The number of alkyl halides is 1. The molecule has 3 aromatic rings. The molecule has 0 aliphatic heterocycles. The molecule has 0 heterocycles. The Labute approximate surface area is 171 Å². The van der Waals surface area contributed by atoms with Gasteiger partial charge in [-0.05, 0) is 33.1 Å². The highest BCUT2D eigenvalue weighted by Crippen LogP contribution is 2.37. The van der Waals surface area contributed by atoms with Crippen LogP contribution in [0, 0.1) is 0 Å². The molecule has 0 aliphatic rings. The zero-order chi connectivity index (χ0) is 18.6. The van der Waals surface area contributed by atoms with Crippen molar-refractivity contribution in [2.75, 3.05) is 0 Å². The van der Waals surface area contributed by atoms with Gasteiger partial charge in [-0.1, -0.05) is 116 Å². The van der Waals surface area contributed by atoms with Gasteiger partial charge in [0.05, 0.1) is 0 Å². The minimum atomic E-state index is -2.52. The van der Waals surface area contributed by atoms with E-state index in [4.69, 9.17) is 4.43 Å². The molecule has 0 atom stereocenters. The highest BCUT2D eigenvalue weighted by atomic mass is 127.